The number of carbonyl (C=O) groups is 3. The summed E-state index contributed by atoms with van der Waals surface area (Å²) in [4.78, 5) is 50.9. The van der Waals surface area contributed by atoms with Crippen LogP contribution in [0.15, 0.2) is 48.6 Å². The molecule has 6 heterocycles. The van der Waals surface area contributed by atoms with E-state index in [1.807, 2.05) is 50.3 Å². The first-order valence-corrected chi connectivity index (χ1v) is 20.8. The Bertz CT molecular complexity index is 2220. The second-order valence-electron chi connectivity index (χ2n) is 17.8. The first-order chi connectivity index (χ1) is 27.8. The van der Waals surface area contributed by atoms with E-state index in [0.717, 1.165) is 27.7 Å². The summed E-state index contributed by atoms with van der Waals surface area (Å²) in [5, 5.41) is 29.7. The van der Waals surface area contributed by atoms with Crippen LogP contribution in [0.5, 0.6) is 5.75 Å². The lowest BCUT2D eigenvalue weighted by Gasteiger charge is -2.62. The molecule has 2 unspecified atom stereocenters. The van der Waals surface area contributed by atoms with Crippen molar-refractivity contribution in [3.05, 3.63) is 70.9 Å². The van der Waals surface area contributed by atoms with Crippen molar-refractivity contribution in [1.82, 2.24) is 14.8 Å². The summed E-state index contributed by atoms with van der Waals surface area (Å²) in [6.07, 6.45) is 5.90. The van der Waals surface area contributed by atoms with E-state index in [4.69, 9.17) is 18.9 Å². The van der Waals surface area contributed by atoms with Crippen LogP contribution < -0.4 is 10.1 Å². The average Bonchev–Trinajstić information content (AvgIpc) is 3.92. The van der Waals surface area contributed by atoms with Crippen molar-refractivity contribution < 1.29 is 43.5 Å². The highest BCUT2D eigenvalue weighted by Gasteiger charge is 2.79. The molecule has 10 atom stereocenters. The number of esters is 3. The largest absolute Gasteiger partial charge is 0.496 e. The van der Waals surface area contributed by atoms with E-state index >= 15 is 4.79 Å². The Kier molecular flexibility index (Phi) is 9.12. The topological polar surface area (TPSA) is 163 Å². The Morgan fingerprint density at radius 3 is 2.45 bits per heavy atom. The van der Waals surface area contributed by atoms with Crippen LogP contribution in [-0.4, -0.2) is 126 Å². The van der Waals surface area contributed by atoms with Crippen molar-refractivity contribution in [2.24, 2.45) is 11.3 Å². The van der Waals surface area contributed by atoms with Gasteiger partial charge in [-0.2, -0.15) is 0 Å². The normalized spacial score (nSPS) is 37.2. The van der Waals surface area contributed by atoms with E-state index in [2.05, 4.69) is 32.2 Å². The molecule has 1 aromatic heterocycles. The number of hydrogen-bond acceptors (Lipinski definition) is 12. The molecule has 4 N–H and O–H groups in total. The minimum Gasteiger partial charge on any atom is -0.496 e. The van der Waals surface area contributed by atoms with E-state index in [0.29, 0.717) is 88.2 Å². The number of hydrogen-bond donors (Lipinski definition) is 4. The van der Waals surface area contributed by atoms with E-state index in [-0.39, 0.29) is 12.0 Å². The Morgan fingerprint density at radius 1 is 0.966 bits per heavy atom. The lowest BCUT2D eigenvalue weighted by atomic mass is 9.47. The lowest BCUT2D eigenvalue weighted by molar-refractivity contribution is -0.226. The fourth-order valence-electron chi connectivity index (χ4n) is 13.0. The van der Waals surface area contributed by atoms with Gasteiger partial charge in [0.1, 0.15) is 11.2 Å². The third kappa shape index (κ3) is 5.05. The van der Waals surface area contributed by atoms with Crippen LogP contribution >= 0.6 is 0 Å². The van der Waals surface area contributed by atoms with Gasteiger partial charge in [0, 0.05) is 83.9 Å². The molecule has 310 valence electrons. The van der Waals surface area contributed by atoms with Gasteiger partial charge >= 0.3 is 17.9 Å². The smallest absolute Gasteiger partial charge is 0.344 e. The van der Waals surface area contributed by atoms with Crippen LogP contribution in [0.25, 0.3) is 10.9 Å². The average molecular weight is 797 g/mol. The number of anilines is 1. The molecule has 3 aromatic rings. The molecule has 13 heteroatoms. The molecule has 5 aliphatic heterocycles. The molecule has 1 spiro atoms. The number of aromatic amines is 1. The van der Waals surface area contributed by atoms with E-state index in [1.54, 1.807) is 7.11 Å². The van der Waals surface area contributed by atoms with Crippen LogP contribution in [0.3, 0.4) is 0 Å². The van der Waals surface area contributed by atoms with E-state index in [9.17, 15) is 19.8 Å². The van der Waals surface area contributed by atoms with Crippen molar-refractivity contribution in [2.45, 2.75) is 99.5 Å². The van der Waals surface area contributed by atoms with Crippen LogP contribution in [0.1, 0.15) is 75.3 Å². The maximum absolute atomic E-state index is 15.3. The SMILES string of the molecule is CC[C@]1(O)C[C@@H]2CN(CCc3c([nH]c4ccccc34)[C@@](C(=O)OC)(c3cc4c(cc3OC)N[C@H]3[C@@](O)(C(=O)OC)[C@H](OC(C)=O)[C@]5(CC)C=CCN6CC[C@]43C65)C2)C1. The summed E-state index contributed by atoms with van der Waals surface area (Å²) in [6, 6.07) is 10.8. The number of piperidine rings is 1. The Morgan fingerprint density at radius 2 is 1.74 bits per heavy atom. The number of carbonyl (C=O) groups excluding carboxylic acids is 3. The zero-order valence-electron chi connectivity index (χ0n) is 34.4. The summed E-state index contributed by atoms with van der Waals surface area (Å²) >= 11 is 0. The number of H-pyrrole nitrogens is 1. The fraction of sp³-hybridized carbons (Fsp3) is 0.578. The van der Waals surface area contributed by atoms with Gasteiger partial charge in [-0.1, -0.05) is 44.2 Å². The molecule has 1 aliphatic carbocycles. The number of para-hydroxylation sites is 1. The van der Waals surface area contributed by atoms with Crippen molar-refractivity contribution >= 4 is 34.5 Å². The zero-order valence-corrected chi connectivity index (χ0v) is 34.4. The quantitative estimate of drug-likeness (QED) is 0.155. The third-order valence-corrected chi connectivity index (χ3v) is 15.2. The van der Waals surface area contributed by atoms with Gasteiger partial charge in [-0.15, -0.1) is 0 Å². The molecular formula is C45H56N4O9. The first-order valence-electron chi connectivity index (χ1n) is 20.8. The summed E-state index contributed by atoms with van der Waals surface area (Å²) < 4.78 is 23.7. The van der Waals surface area contributed by atoms with Gasteiger partial charge < -0.3 is 39.5 Å². The maximum Gasteiger partial charge on any atom is 0.344 e. The van der Waals surface area contributed by atoms with Gasteiger partial charge in [0.15, 0.2) is 6.10 Å². The van der Waals surface area contributed by atoms with Crippen LogP contribution in [-0.2, 0) is 45.8 Å². The molecule has 0 amide bonds. The van der Waals surface area contributed by atoms with Crippen molar-refractivity contribution in [3.8, 4) is 5.75 Å². The van der Waals surface area contributed by atoms with Gasteiger partial charge in [0.25, 0.3) is 0 Å². The number of nitrogens with zero attached hydrogens (tertiary/aromatic N) is 2. The van der Waals surface area contributed by atoms with Crippen molar-refractivity contribution in [3.63, 3.8) is 0 Å². The van der Waals surface area contributed by atoms with E-state index < -0.39 is 57.5 Å². The fourth-order valence-corrected chi connectivity index (χ4v) is 13.0. The van der Waals surface area contributed by atoms with Gasteiger partial charge in [-0.25, -0.2) is 4.79 Å². The Balaban J connectivity index is 1.34. The predicted octanol–water partition coefficient (Wildman–Crippen LogP) is 3.97. The molecule has 2 aromatic carbocycles. The number of ether oxygens (including phenoxy) is 4. The van der Waals surface area contributed by atoms with Crippen LogP contribution in [0.2, 0.25) is 0 Å². The van der Waals surface area contributed by atoms with Crippen molar-refractivity contribution in [1.29, 1.82) is 0 Å². The van der Waals surface area contributed by atoms with Gasteiger partial charge in [-0.3, -0.25) is 19.4 Å². The summed E-state index contributed by atoms with van der Waals surface area (Å²) in [6.45, 7) is 8.59. The number of aromatic nitrogens is 1. The molecule has 6 aliphatic rings. The summed E-state index contributed by atoms with van der Waals surface area (Å²) in [5.41, 5.74) is -1.78. The Hall–Kier alpha value is -4.43. The second-order valence-corrected chi connectivity index (χ2v) is 17.8. The van der Waals surface area contributed by atoms with Crippen LogP contribution in [0, 0.1) is 11.3 Å². The Labute approximate surface area is 339 Å². The number of aliphatic hydroxyl groups is 2. The van der Waals surface area contributed by atoms with E-state index in [1.165, 1.54) is 21.1 Å². The van der Waals surface area contributed by atoms with Gasteiger partial charge in [-0.05, 0) is 74.2 Å². The molecule has 1 saturated carbocycles. The monoisotopic (exact) mass is 796 g/mol. The number of methoxy groups -OCH3 is 3. The number of rotatable bonds is 7. The highest BCUT2D eigenvalue weighted by molar-refractivity contribution is 5.95. The third-order valence-electron chi connectivity index (χ3n) is 15.2. The second kappa shape index (κ2) is 13.6. The minimum absolute atomic E-state index is 0.0982. The van der Waals surface area contributed by atoms with Crippen molar-refractivity contribution in [2.75, 3.05) is 59.4 Å². The first kappa shape index (κ1) is 39.1. The molecule has 2 saturated heterocycles. The number of benzene rings is 2. The zero-order chi connectivity index (χ0) is 41.0. The summed E-state index contributed by atoms with van der Waals surface area (Å²) in [7, 11) is 4.25. The van der Waals surface area contributed by atoms with Crippen LogP contribution in [0.4, 0.5) is 5.69 Å². The standard InChI is InChI=1S/C45H56N4O9/c1-7-41(53)22-27-23-44(39(51)56-5,35-29(14-18-48(24-27)25-41)28-12-9-10-13-32(28)46-35)31-20-30-33(21-34(31)55-4)47-36-43(30)16-19-49-17-11-15-42(8-2,37(43)49)38(58-26(3)50)45(36,54)40(52)57-6/h9-13,15,20-21,27,36-38,46-47,53-54H,7-8,14,16-19,22-25H2,1-6H3/t27-,36+,37?,38+,41-,42+,43-,44-,45-/m0/s1. The number of fused-ring (bicyclic) bond motifs is 6. The molecule has 3 fully saturated rings. The highest BCUT2D eigenvalue weighted by Crippen LogP contribution is 2.67. The van der Waals surface area contributed by atoms with Gasteiger partial charge in [0.2, 0.25) is 5.60 Å². The molecule has 2 bridgehead atoms. The molecule has 9 rings (SSSR count). The maximum atomic E-state index is 15.3. The predicted molar refractivity (Wildman–Crippen MR) is 216 cm³/mol. The summed E-state index contributed by atoms with van der Waals surface area (Å²) in [5.74, 6) is -1.61. The molecular weight excluding hydrogens is 741 g/mol. The molecule has 0 radical (unpaired) electrons. The molecule has 58 heavy (non-hydrogen) atoms. The lowest BCUT2D eigenvalue weighted by Crippen LogP contribution is -2.80. The highest BCUT2D eigenvalue weighted by atomic mass is 16.6. The van der Waals surface area contributed by atoms with Gasteiger partial charge in [0.05, 0.1) is 33.0 Å². The minimum atomic E-state index is -2.31. The number of nitrogens with one attached hydrogen (secondary N) is 2. The molecule has 13 nitrogen and oxygen atoms in total.